The van der Waals surface area contributed by atoms with Crippen LogP contribution >= 0.6 is 11.3 Å². The molecular formula is C28H29N5O2S. The molecule has 0 radical (unpaired) electrons. The lowest BCUT2D eigenvalue weighted by Crippen LogP contribution is -2.47. The number of thiophene rings is 1. The molecule has 6 rings (SSSR count). The summed E-state index contributed by atoms with van der Waals surface area (Å²) in [6.07, 6.45) is 8.02. The van der Waals surface area contributed by atoms with Crippen LogP contribution in [0.25, 0.3) is 20.7 Å². The summed E-state index contributed by atoms with van der Waals surface area (Å²) < 4.78 is 2.57. The van der Waals surface area contributed by atoms with Crippen molar-refractivity contribution in [1.29, 1.82) is 0 Å². The summed E-state index contributed by atoms with van der Waals surface area (Å²) in [4.78, 5) is 39.1. The topological polar surface area (TPSA) is 71.3 Å². The number of piperazine rings is 1. The Morgan fingerprint density at radius 2 is 1.86 bits per heavy atom. The van der Waals surface area contributed by atoms with E-state index in [-0.39, 0.29) is 17.5 Å². The number of carbonyl (C=O) groups is 1. The fraction of sp³-hybridized carbons (Fsp3) is 0.357. The molecule has 0 saturated carbocycles. The number of pyridine rings is 1. The smallest absolute Gasteiger partial charge is 0.271 e. The number of amides is 1. The van der Waals surface area contributed by atoms with Crippen LogP contribution in [-0.2, 0) is 24.2 Å². The minimum absolute atomic E-state index is 0.0556. The highest BCUT2D eigenvalue weighted by molar-refractivity contribution is 7.22. The first-order valence-electron chi connectivity index (χ1n) is 12.5. The van der Waals surface area contributed by atoms with E-state index in [1.54, 1.807) is 25.6 Å². The van der Waals surface area contributed by atoms with E-state index < -0.39 is 0 Å². The van der Waals surface area contributed by atoms with Gasteiger partial charge in [-0.1, -0.05) is 18.2 Å². The maximum absolute atomic E-state index is 13.4. The lowest BCUT2D eigenvalue weighted by Gasteiger charge is -2.34. The van der Waals surface area contributed by atoms with Crippen LogP contribution in [0.2, 0.25) is 0 Å². The van der Waals surface area contributed by atoms with E-state index in [0.717, 1.165) is 72.6 Å². The third kappa shape index (κ3) is 4.47. The second-order valence-electron chi connectivity index (χ2n) is 9.80. The molecule has 3 aromatic heterocycles. The van der Waals surface area contributed by atoms with Gasteiger partial charge in [0.25, 0.3) is 5.56 Å². The molecule has 1 amide bonds. The Bertz CT molecular complexity index is 1470. The number of carbonyl (C=O) groups excluding carboxylic acids is 1. The van der Waals surface area contributed by atoms with Gasteiger partial charge in [-0.2, -0.15) is 0 Å². The second kappa shape index (κ2) is 9.59. The van der Waals surface area contributed by atoms with Crippen molar-refractivity contribution in [2.75, 3.05) is 26.2 Å². The fourth-order valence-corrected chi connectivity index (χ4v) is 6.50. The summed E-state index contributed by atoms with van der Waals surface area (Å²) in [6.45, 7) is 6.02. The quantitative estimate of drug-likeness (QED) is 0.426. The molecule has 0 bridgehead atoms. The number of fused-ring (bicyclic) bond motifs is 2. The average Bonchev–Trinajstić information content (AvgIpc) is 3.35. The molecule has 1 aliphatic heterocycles. The Hall–Kier alpha value is -3.36. The third-order valence-corrected chi connectivity index (χ3v) is 8.68. The predicted molar refractivity (Wildman–Crippen MR) is 142 cm³/mol. The summed E-state index contributed by atoms with van der Waals surface area (Å²) in [5.41, 5.74) is 5.92. The maximum Gasteiger partial charge on any atom is 0.271 e. The average molecular weight is 500 g/mol. The van der Waals surface area contributed by atoms with E-state index in [4.69, 9.17) is 0 Å². The first-order chi connectivity index (χ1) is 17.5. The molecule has 1 aliphatic carbocycles. The molecule has 4 heterocycles. The van der Waals surface area contributed by atoms with Crippen LogP contribution in [0.4, 0.5) is 0 Å². The van der Waals surface area contributed by atoms with Gasteiger partial charge in [0, 0.05) is 63.0 Å². The van der Waals surface area contributed by atoms with E-state index >= 15 is 0 Å². The molecule has 8 heteroatoms. The van der Waals surface area contributed by atoms with Crippen LogP contribution in [0.5, 0.6) is 0 Å². The summed E-state index contributed by atoms with van der Waals surface area (Å²) in [5.74, 6) is 0.166. The fourth-order valence-electron chi connectivity index (χ4n) is 5.45. The van der Waals surface area contributed by atoms with Gasteiger partial charge in [0.2, 0.25) is 5.91 Å². The van der Waals surface area contributed by atoms with Crippen molar-refractivity contribution in [1.82, 2.24) is 24.3 Å². The molecule has 0 spiro atoms. The minimum Gasteiger partial charge on any atom is -0.340 e. The highest BCUT2D eigenvalue weighted by Gasteiger charge is 2.24. The first kappa shape index (κ1) is 23.1. The molecule has 0 unspecified atom stereocenters. The maximum atomic E-state index is 13.4. The highest BCUT2D eigenvalue weighted by Crippen LogP contribution is 2.32. The van der Waals surface area contributed by atoms with E-state index in [2.05, 4.69) is 33.1 Å². The largest absolute Gasteiger partial charge is 0.340 e. The van der Waals surface area contributed by atoms with Crippen molar-refractivity contribution in [3.8, 4) is 10.4 Å². The second-order valence-corrected chi connectivity index (χ2v) is 10.9. The van der Waals surface area contributed by atoms with Gasteiger partial charge in [-0.15, -0.1) is 11.3 Å². The molecule has 0 N–H and O–H groups in total. The van der Waals surface area contributed by atoms with Crippen LogP contribution in [-0.4, -0.2) is 56.4 Å². The van der Waals surface area contributed by atoms with Gasteiger partial charge in [-0.05, 0) is 59.7 Å². The molecule has 1 aromatic carbocycles. The third-order valence-electron chi connectivity index (χ3n) is 7.52. The van der Waals surface area contributed by atoms with Crippen molar-refractivity contribution in [2.24, 2.45) is 0 Å². The lowest BCUT2D eigenvalue weighted by atomic mass is 9.87. The lowest BCUT2D eigenvalue weighted by molar-refractivity contribution is -0.130. The van der Waals surface area contributed by atoms with Gasteiger partial charge in [0.05, 0.1) is 11.8 Å². The zero-order chi connectivity index (χ0) is 24.6. The van der Waals surface area contributed by atoms with E-state index in [1.807, 2.05) is 27.7 Å². The molecule has 2 aliphatic rings. The number of rotatable bonds is 4. The van der Waals surface area contributed by atoms with Crippen LogP contribution < -0.4 is 5.56 Å². The Balaban J connectivity index is 1.18. The van der Waals surface area contributed by atoms with Crippen LogP contribution in [0, 0.1) is 0 Å². The van der Waals surface area contributed by atoms with Gasteiger partial charge in [-0.25, -0.2) is 4.98 Å². The van der Waals surface area contributed by atoms with Crippen molar-refractivity contribution in [2.45, 2.75) is 38.8 Å². The number of hydrogen-bond acceptors (Lipinski definition) is 6. The van der Waals surface area contributed by atoms with E-state index in [0.29, 0.717) is 0 Å². The normalized spacial score (nSPS) is 18.4. The molecule has 1 atom stereocenters. The Labute approximate surface area is 214 Å². The van der Waals surface area contributed by atoms with Crippen molar-refractivity contribution < 1.29 is 4.79 Å². The molecule has 36 heavy (non-hydrogen) atoms. The van der Waals surface area contributed by atoms with E-state index in [1.165, 1.54) is 28.0 Å². The van der Waals surface area contributed by atoms with Gasteiger partial charge >= 0.3 is 0 Å². The molecule has 184 valence electrons. The van der Waals surface area contributed by atoms with Crippen molar-refractivity contribution >= 4 is 27.5 Å². The molecule has 1 fully saturated rings. The summed E-state index contributed by atoms with van der Waals surface area (Å²) in [5, 5.41) is 0. The molecular weight excluding hydrogens is 470 g/mol. The van der Waals surface area contributed by atoms with E-state index in [9.17, 15) is 9.59 Å². The molecule has 1 saturated heterocycles. The van der Waals surface area contributed by atoms with Gasteiger partial charge in [0.15, 0.2) is 0 Å². The highest BCUT2D eigenvalue weighted by atomic mass is 32.1. The SMILES string of the molecule is CC(=O)N1CCN(Cc2ccc3c(c2)CC[C@H](n2cnc4cc(-c5ccncc5)sc4c2=O)C3)CC1. The van der Waals surface area contributed by atoms with Gasteiger partial charge in [-0.3, -0.25) is 24.0 Å². The van der Waals surface area contributed by atoms with Crippen LogP contribution in [0.15, 0.2) is 59.9 Å². The summed E-state index contributed by atoms with van der Waals surface area (Å²) in [6, 6.07) is 12.9. The summed E-state index contributed by atoms with van der Waals surface area (Å²) in [7, 11) is 0. The zero-order valence-corrected chi connectivity index (χ0v) is 21.2. The molecule has 4 aromatic rings. The Kier molecular flexibility index (Phi) is 6.15. The minimum atomic E-state index is 0.0556. The number of aromatic nitrogens is 3. The summed E-state index contributed by atoms with van der Waals surface area (Å²) >= 11 is 1.51. The number of benzene rings is 1. The van der Waals surface area contributed by atoms with Gasteiger partial charge < -0.3 is 4.90 Å². The van der Waals surface area contributed by atoms with Crippen molar-refractivity contribution in [3.05, 3.63) is 82.2 Å². The predicted octanol–water partition coefficient (Wildman–Crippen LogP) is 3.91. The Morgan fingerprint density at radius 1 is 1.06 bits per heavy atom. The number of nitrogens with zero attached hydrogens (tertiary/aromatic N) is 5. The van der Waals surface area contributed by atoms with Crippen LogP contribution in [0.3, 0.4) is 0 Å². The Morgan fingerprint density at radius 3 is 2.64 bits per heavy atom. The standard InChI is InChI=1S/C28H29N5O2S/c1-19(34)32-12-10-31(11-13-32)17-20-2-3-23-15-24(5-4-22(23)14-20)33-18-30-25-16-26(36-27(25)28(33)35)21-6-8-29-9-7-21/h2-3,6-9,14,16,18,24H,4-5,10-13,15,17H2,1H3/t24-/m0/s1. The number of hydrogen-bond donors (Lipinski definition) is 0. The molecule has 7 nitrogen and oxygen atoms in total. The van der Waals surface area contributed by atoms with Gasteiger partial charge in [0.1, 0.15) is 4.70 Å². The number of aryl methyl sites for hydroxylation is 1. The van der Waals surface area contributed by atoms with Crippen molar-refractivity contribution in [3.63, 3.8) is 0 Å². The monoisotopic (exact) mass is 499 g/mol. The zero-order valence-electron chi connectivity index (χ0n) is 20.4. The van der Waals surface area contributed by atoms with Crippen LogP contribution in [0.1, 0.15) is 36.1 Å². The first-order valence-corrected chi connectivity index (χ1v) is 13.4.